The maximum atomic E-state index is 6.50. The molecule has 10 rings (SSSR count). The van der Waals surface area contributed by atoms with E-state index in [1.807, 2.05) is 91.0 Å². The van der Waals surface area contributed by atoms with Crippen LogP contribution in [0.2, 0.25) is 0 Å². The van der Waals surface area contributed by atoms with Crippen LogP contribution < -0.4 is 5.73 Å². The number of nitrogen functional groups attached to an aromatic ring is 1. The van der Waals surface area contributed by atoms with E-state index in [2.05, 4.69) is 97.1 Å². The van der Waals surface area contributed by atoms with Gasteiger partial charge in [0.2, 0.25) is 5.89 Å². The van der Waals surface area contributed by atoms with Gasteiger partial charge in [-0.05, 0) is 81.2 Å². The lowest BCUT2D eigenvalue weighted by atomic mass is 9.97. The lowest BCUT2D eigenvalue weighted by Crippen LogP contribution is -2.00. The molecule has 6 heteroatoms. The second kappa shape index (κ2) is 13.9. The molecule has 0 radical (unpaired) electrons. The zero-order chi connectivity index (χ0) is 37.4. The van der Waals surface area contributed by atoms with Crippen LogP contribution in [0.4, 0.5) is 5.69 Å². The third-order valence-electron chi connectivity index (χ3n) is 10.1. The Morgan fingerprint density at radius 1 is 0.357 bits per heavy atom. The van der Waals surface area contributed by atoms with Gasteiger partial charge in [0.1, 0.15) is 5.52 Å². The number of hydrogen-bond acceptors (Lipinski definition) is 6. The normalized spacial score (nSPS) is 11.3. The topological polar surface area (TPSA) is 90.7 Å². The Labute approximate surface area is 323 Å². The van der Waals surface area contributed by atoms with Gasteiger partial charge in [0.05, 0.1) is 0 Å². The highest BCUT2D eigenvalue weighted by Crippen LogP contribution is 2.37. The first-order chi connectivity index (χ1) is 27.6. The number of rotatable bonds is 7. The van der Waals surface area contributed by atoms with Crippen molar-refractivity contribution in [2.24, 2.45) is 0 Å². The summed E-state index contributed by atoms with van der Waals surface area (Å²) >= 11 is 0. The summed E-state index contributed by atoms with van der Waals surface area (Å²) in [5, 5.41) is 2.16. The molecule has 2 N–H and O–H groups in total. The van der Waals surface area contributed by atoms with Crippen molar-refractivity contribution in [3.63, 3.8) is 0 Å². The van der Waals surface area contributed by atoms with E-state index >= 15 is 0 Å². The summed E-state index contributed by atoms with van der Waals surface area (Å²) in [5.41, 5.74) is 18.3. The first kappa shape index (κ1) is 32.9. The number of fused-ring (bicyclic) bond motifs is 3. The smallest absolute Gasteiger partial charge is 0.227 e. The summed E-state index contributed by atoms with van der Waals surface area (Å²) in [5.74, 6) is 2.34. The van der Waals surface area contributed by atoms with Crippen LogP contribution in [0.3, 0.4) is 0 Å². The number of anilines is 1. The summed E-state index contributed by atoms with van der Waals surface area (Å²) in [6.45, 7) is 0. The van der Waals surface area contributed by atoms with Crippen molar-refractivity contribution in [1.29, 1.82) is 0 Å². The third kappa shape index (κ3) is 6.25. The lowest BCUT2D eigenvalue weighted by molar-refractivity contribution is 0.623. The molecule has 8 aromatic carbocycles. The van der Waals surface area contributed by atoms with Gasteiger partial charge in [0.25, 0.3) is 0 Å². The van der Waals surface area contributed by atoms with Gasteiger partial charge in [-0.3, -0.25) is 0 Å². The van der Waals surface area contributed by atoms with Gasteiger partial charge < -0.3 is 10.2 Å². The van der Waals surface area contributed by atoms with Crippen molar-refractivity contribution in [2.45, 2.75) is 0 Å². The molecule has 0 aliphatic carbocycles. The standard InChI is InChI=1S/C50H33N5O/c51-41-22-11-18-37(31-41)35-16-8-15-34(28-35)36-17-9-20-39(29-36)48-53-47(33-13-2-1-3-14-33)54-49(55-48)40-21-10-19-38(30-40)42-23-6-7-25-44(42)50-52-45-27-26-32-12-4-5-24-43(32)46(45)56-50/h1-31H,51H2. The van der Waals surface area contributed by atoms with Crippen LogP contribution in [0.5, 0.6) is 0 Å². The number of nitrogens with zero attached hydrogens (tertiary/aromatic N) is 4. The van der Waals surface area contributed by atoms with Gasteiger partial charge in [-0.25, -0.2) is 19.9 Å². The van der Waals surface area contributed by atoms with Crippen LogP contribution in [0, 0.1) is 0 Å². The summed E-state index contributed by atoms with van der Waals surface area (Å²) in [4.78, 5) is 20.1. The average Bonchev–Trinajstić information content (AvgIpc) is 3.72. The van der Waals surface area contributed by atoms with Gasteiger partial charge in [0.15, 0.2) is 23.1 Å². The Kier molecular flexibility index (Phi) is 8.19. The van der Waals surface area contributed by atoms with E-state index in [1.165, 1.54) is 0 Å². The summed E-state index contributed by atoms with van der Waals surface area (Å²) < 4.78 is 6.50. The van der Waals surface area contributed by atoms with E-state index in [9.17, 15) is 0 Å². The highest BCUT2D eigenvalue weighted by molar-refractivity contribution is 6.03. The Morgan fingerprint density at radius 3 is 1.55 bits per heavy atom. The molecule has 0 aliphatic rings. The van der Waals surface area contributed by atoms with Gasteiger partial charge in [-0.2, -0.15) is 0 Å². The molecule has 0 spiro atoms. The van der Waals surface area contributed by atoms with Gasteiger partial charge >= 0.3 is 0 Å². The molecule has 0 bridgehead atoms. The molecule has 0 unspecified atom stereocenters. The number of hydrogen-bond donors (Lipinski definition) is 1. The molecule has 0 aliphatic heterocycles. The Hall–Kier alpha value is -7.70. The first-order valence-corrected chi connectivity index (χ1v) is 18.5. The van der Waals surface area contributed by atoms with E-state index in [4.69, 9.17) is 30.1 Å². The number of oxazole rings is 1. The highest BCUT2D eigenvalue weighted by atomic mass is 16.3. The predicted molar refractivity (Wildman–Crippen MR) is 227 cm³/mol. The van der Waals surface area contributed by atoms with Gasteiger partial charge in [-0.1, -0.05) is 146 Å². The Balaban J connectivity index is 1.06. The van der Waals surface area contributed by atoms with Crippen LogP contribution in [0.1, 0.15) is 0 Å². The van der Waals surface area contributed by atoms with Crippen molar-refractivity contribution >= 4 is 27.6 Å². The second-order valence-corrected chi connectivity index (χ2v) is 13.7. The minimum Gasteiger partial charge on any atom is -0.435 e. The maximum Gasteiger partial charge on any atom is 0.227 e. The molecular formula is C50H33N5O. The van der Waals surface area contributed by atoms with E-state index in [0.29, 0.717) is 23.4 Å². The molecule has 0 amide bonds. The molecule has 0 atom stereocenters. The maximum absolute atomic E-state index is 6.50. The first-order valence-electron chi connectivity index (χ1n) is 18.5. The highest BCUT2D eigenvalue weighted by Gasteiger charge is 2.18. The van der Waals surface area contributed by atoms with E-state index in [-0.39, 0.29) is 0 Å². The molecule has 2 aromatic heterocycles. The summed E-state index contributed by atoms with van der Waals surface area (Å²) in [6.07, 6.45) is 0. The van der Waals surface area contributed by atoms with Gasteiger partial charge in [0, 0.05) is 33.3 Å². The third-order valence-corrected chi connectivity index (χ3v) is 10.1. The SMILES string of the molecule is Nc1cccc(-c2cccc(-c3cccc(-c4nc(-c5ccccc5)nc(-c5cccc(-c6ccccc6-c6nc7ccc8ccccc8c7o6)c5)n4)c3)c2)c1. The van der Waals surface area contributed by atoms with Crippen molar-refractivity contribution in [3.8, 4) is 79.0 Å². The number of aromatic nitrogens is 4. The monoisotopic (exact) mass is 719 g/mol. The molecule has 2 heterocycles. The van der Waals surface area contributed by atoms with Crippen LogP contribution in [-0.2, 0) is 0 Å². The molecule has 0 saturated carbocycles. The Bertz CT molecular complexity index is 3060. The molecule has 10 aromatic rings. The predicted octanol–water partition coefficient (Wildman–Crippen LogP) is 12.4. The molecule has 264 valence electrons. The quantitative estimate of drug-likeness (QED) is 0.165. The zero-order valence-electron chi connectivity index (χ0n) is 30.2. The number of nitrogens with two attached hydrogens (primary N) is 1. The fourth-order valence-corrected chi connectivity index (χ4v) is 7.30. The molecular weight excluding hydrogens is 687 g/mol. The van der Waals surface area contributed by atoms with E-state index in [0.717, 1.165) is 83.2 Å². The fourth-order valence-electron chi connectivity index (χ4n) is 7.30. The minimum absolute atomic E-state index is 0.574. The molecule has 0 fully saturated rings. The van der Waals surface area contributed by atoms with Gasteiger partial charge in [-0.15, -0.1) is 0 Å². The van der Waals surface area contributed by atoms with Crippen LogP contribution >= 0.6 is 0 Å². The van der Waals surface area contributed by atoms with E-state index in [1.54, 1.807) is 0 Å². The molecule has 0 saturated heterocycles. The summed E-state index contributed by atoms with van der Waals surface area (Å²) in [6, 6.07) is 63.7. The lowest BCUT2D eigenvalue weighted by Gasteiger charge is -2.12. The zero-order valence-corrected chi connectivity index (χ0v) is 30.2. The Morgan fingerprint density at radius 2 is 0.857 bits per heavy atom. The minimum atomic E-state index is 0.574. The van der Waals surface area contributed by atoms with Crippen molar-refractivity contribution < 1.29 is 4.42 Å². The van der Waals surface area contributed by atoms with Crippen molar-refractivity contribution in [3.05, 3.63) is 188 Å². The number of benzene rings is 8. The largest absolute Gasteiger partial charge is 0.435 e. The van der Waals surface area contributed by atoms with Crippen LogP contribution in [-0.4, -0.2) is 19.9 Å². The van der Waals surface area contributed by atoms with Crippen LogP contribution in [0.15, 0.2) is 192 Å². The fraction of sp³-hybridized carbons (Fsp3) is 0. The summed E-state index contributed by atoms with van der Waals surface area (Å²) in [7, 11) is 0. The van der Waals surface area contributed by atoms with Crippen LogP contribution in [0.25, 0.3) is 101 Å². The molecule has 56 heavy (non-hydrogen) atoms. The second-order valence-electron chi connectivity index (χ2n) is 13.7. The molecule has 6 nitrogen and oxygen atoms in total. The average molecular weight is 720 g/mol. The van der Waals surface area contributed by atoms with Crippen molar-refractivity contribution in [2.75, 3.05) is 5.73 Å². The van der Waals surface area contributed by atoms with E-state index < -0.39 is 0 Å². The van der Waals surface area contributed by atoms with Crippen molar-refractivity contribution in [1.82, 2.24) is 19.9 Å².